The molecule has 0 amide bonds. The van der Waals surface area contributed by atoms with Crippen molar-refractivity contribution in [2.75, 3.05) is 4.90 Å². The SMILES string of the molecule is Fc1ccc(-n2c3ccccc3c3cc(N(c4ccc(Oc5ccccc5)cc4)c4ccc(-c5ccc([Si](c6ccccc6)(c6ccccc6)c6ccccc6)cc5)cc4)ccc32)cc1. The van der Waals surface area contributed by atoms with Crippen LogP contribution in [0, 0.1) is 5.82 Å². The van der Waals surface area contributed by atoms with E-state index in [4.69, 9.17) is 4.74 Å². The monoisotopic (exact) mass is 854 g/mol. The van der Waals surface area contributed by atoms with Crippen LogP contribution in [0.2, 0.25) is 0 Å². The molecule has 0 aliphatic heterocycles. The first kappa shape index (κ1) is 39.6. The van der Waals surface area contributed by atoms with Crippen molar-refractivity contribution in [3.8, 4) is 28.3 Å². The maximum atomic E-state index is 14.1. The van der Waals surface area contributed by atoms with Crippen molar-refractivity contribution in [2.24, 2.45) is 0 Å². The van der Waals surface area contributed by atoms with Crippen molar-refractivity contribution in [3.05, 3.63) is 267 Å². The van der Waals surface area contributed by atoms with Gasteiger partial charge in [-0.2, -0.15) is 0 Å². The number of nitrogens with zero attached hydrogens (tertiary/aromatic N) is 2. The molecule has 1 heterocycles. The van der Waals surface area contributed by atoms with Crippen LogP contribution in [0.25, 0.3) is 38.6 Å². The van der Waals surface area contributed by atoms with Gasteiger partial charge < -0.3 is 14.2 Å². The molecule has 0 fully saturated rings. The topological polar surface area (TPSA) is 17.4 Å². The van der Waals surface area contributed by atoms with E-state index in [0.29, 0.717) is 0 Å². The molecule has 0 unspecified atom stereocenters. The van der Waals surface area contributed by atoms with Crippen LogP contribution in [0.15, 0.2) is 261 Å². The fourth-order valence-electron chi connectivity index (χ4n) is 9.48. The van der Waals surface area contributed by atoms with Crippen LogP contribution in [-0.4, -0.2) is 12.6 Å². The third kappa shape index (κ3) is 7.38. The molecule has 0 radical (unpaired) electrons. The standard InChI is InChI=1S/C60H43FN2OSi/c61-46-29-33-49(34-30-46)63-59-24-14-13-23-57(59)58-43-50(37-42-60(58)63)62(48-35-38-52(39-36-48)64-51-15-5-1-6-16-51)47-31-25-44(26-32-47)45-27-40-56(41-28-45)65(53-17-7-2-8-18-53,54-19-9-3-10-20-54)55-21-11-4-12-22-55/h1-43H. The molecule has 10 aromatic carbocycles. The maximum Gasteiger partial charge on any atom is 0.179 e. The Labute approximate surface area is 379 Å². The summed E-state index contributed by atoms with van der Waals surface area (Å²) in [6.07, 6.45) is 0. The zero-order valence-corrected chi connectivity index (χ0v) is 36.5. The van der Waals surface area contributed by atoms with E-state index in [2.05, 4.69) is 204 Å². The molecule has 0 aliphatic carbocycles. The smallest absolute Gasteiger partial charge is 0.179 e. The van der Waals surface area contributed by atoms with Gasteiger partial charge in [0.15, 0.2) is 8.07 Å². The fourth-order valence-corrected chi connectivity index (χ4v) is 14.2. The maximum absolute atomic E-state index is 14.1. The predicted octanol–water partition coefficient (Wildman–Crippen LogP) is 13.2. The van der Waals surface area contributed by atoms with Gasteiger partial charge in [0, 0.05) is 33.5 Å². The summed E-state index contributed by atoms with van der Waals surface area (Å²) >= 11 is 0. The summed E-state index contributed by atoms with van der Waals surface area (Å²) < 4.78 is 22.5. The minimum Gasteiger partial charge on any atom is -0.457 e. The van der Waals surface area contributed by atoms with Crippen molar-refractivity contribution in [3.63, 3.8) is 0 Å². The van der Waals surface area contributed by atoms with Crippen molar-refractivity contribution < 1.29 is 9.13 Å². The average Bonchev–Trinajstić information content (AvgIpc) is 3.70. The first-order valence-corrected chi connectivity index (χ1v) is 23.9. The zero-order valence-electron chi connectivity index (χ0n) is 35.5. The number of para-hydroxylation sites is 2. The van der Waals surface area contributed by atoms with Crippen LogP contribution < -0.4 is 30.4 Å². The first-order chi connectivity index (χ1) is 32.1. The van der Waals surface area contributed by atoms with Gasteiger partial charge in [-0.15, -0.1) is 0 Å². The molecule has 11 aromatic rings. The lowest BCUT2D eigenvalue weighted by molar-refractivity contribution is 0.483. The van der Waals surface area contributed by atoms with Gasteiger partial charge in [-0.3, -0.25) is 0 Å². The van der Waals surface area contributed by atoms with Gasteiger partial charge in [0.2, 0.25) is 0 Å². The quantitative estimate of drug-likeness (QED) is 0.0953. The lowest BCUT2D eigenvalue weighted by Gasteiger charge is -2.34. The van der Waals surface area contributed by atoms with E-state index in [1.165, 1.54) is 32.9 Å². The molecule has 0 saturated carbocycles. The van der Waals surface area contributed by atoms with E-state index < -0.39 is 8.07 Å². The minimum atomic E-state index is -2.64. The Kier molecular flexibility index (Phi) is 10.4. The second kappa shape index (κ2) is 17.1. The number of hydrogen-bond donors (Lipinski definition) is 0. The Morgan fingerprint density at radius 1 is 0.354 bits per heavy atom. The summed E-state index contributed by atoms with van der Waals surface area (Å²) in [4.78, 5) is 2.29. The first-order valence-electron chi connectivity index (χ1n) is 21.9. The van der Waals surface area contributed by atoms with Gasteiger partial charge in [-0.1, -0.05) is 164 Å². The second-order valence-corrected chi connectivity index (χ2v) is 20.1. The highest BCUT2D eigenvalue weighted by Gasteiger charge is 2.41. The summed E-state index contributed by atoms with van der Waals surface area (Å²) in [5.41, 5.74) is 8.33. The third-order valence-corrected chi connectivity index (χ3v) is 17.3. The summed E-state index contributed by atoms with van der Waals surface area (Å²) in [6.45, 7) is 0. The van der Waals surface area contributed by atoms with Crippen molar-refractivity contribution in [2.45, 2.75) is 0 Å². The summed E-state index contributed by atoms with van der Waals surface area (Å²) in [5.74, 6) is 1.29. The predicted molar refractivity (Wildman–Crippen MR) is 271 cm³/mol. The lowest BCUT2D eigenvalue weighted by atomic mass is 10.0. The van der Waals surface area contributed by atoms with E-state index in [1.54, 1.807) is 0 Å². The molecule has 310 valence electrons. The summed E-state index contributed by atoms with van der Waals surface area (Å²) in [6, 6.07) is 91.1. The molecule has 0 spiro atoms. The van der Waals surface area contributed by atoms with Gasteiger partial charge in [0.05, 0.1) is 11.0 Å². The largest absolute Gasteiger partial charge is 0.457 e. The average molecular weight is 855 g/mol. The molecule has 0 bridgehead atoms. The molecular weight excluding hydrogens is 812 g/mol. The number of ether oxygens (including phenoxy) is 1. The van der Waals surface area contributed by atoms with Crippen molar-refractivity contribution in [1.29, 1.82) is 0 Å². The van der Waals surface area contributed by atoms with E-state index in [-0.39, 0.29) is 5.82 Å². The number of rotatable bonds is 11. The number of aromatic nitrogens is 1. The number of fused-ring (bicyclic) bond motifs is 3. The zero-order chi connectivity index (χ0) is 43.6. The van der Waals surface area contributed by atoms with Crippen LogP contribution in [0.1, 0.15) is 0 Å². The number of benzene rings is 10. The van der Waals surface area contributed by atoms with E-state index in [0.717, 1.165) is 67.2 Å². The van der Waals surface area contributed by atoms with Gasteiger partial charge in [0.1, 0.15) is 17.3 Å². The Bertz CT molecular complexity index is 3260. The Morgan fingerprint density at radius 3 is 1.35 bits per heavy atom. The Balaban J connectivity index is 0.994. The van der Waals surface area contributed by atoms with Crippen LogP contribution >= 0.6 is 0 Å². The molecule has 11 rings (SSSR count). The number of hydrogen-bond acceptors (Lipinski definition) is 2. The third-order valence-electron chi connectivity index (χ3n) is 12.5. The summed E-state index contributed by atoms with van der Waals surface area (Å²) in [5, 5.41) is 7.63. The number of anilines is 3. The van der Waals surface area contributed by atoms with Crippen LogP contribution in [0.4, 0.5) is 21.5 Å². The van der Waals surface area contributed by atoms with Crippen LogP contribution in [-0.2, 0) is 0 Å². The van der Waals surface area contributed by atoms with Gasteiger partial charge in [-0.25, -0.2) is 4.39 Å². The molecule has 1 aromatic heterocycles. The van der Waals surface area contributed by atoms with Crippen LogP contribution in [0.5, 0.6) is 11.5 Å². The molecule has 0 atom stereocenters. The highest BCUT2D eigenvalue weighted by atomic mass is 28.3. The van der Waals surface area contributed by atoms with E-state index in [9.17, 15) is 4.39 Å². The molecule has 0 saturated heterocycles. The molecule has 5 heteroatoms. The molecular formula is C60H43FN2OSi. The highest BCUT2D eigenvalue weighted by Crippen LogP contribution is 2.41. The highest BCUT2D eigenvalue weighted by molar-refractivity contribution is 7.19. The van der Waals surface area contributed by atoms with E-state index in [1.807, 2.05) is 54.6 Å². The lowest BCUT2D eigenvalue weighted by Crippen LogP contribution is -2.74. The van der Waals surface area contributed by atoms with Crippen molar-refractivity contribution in [1.82, 2.24) is 4.57 Å². The Morgan fingerprint density at radius 2 is 0.785 bits per heavy atom. The Hall–Kier alpha value is -8.25. The van der Waals surface area contributed by atoms with Gasteiger partial charge in [-0.05, 0) is 129 Å². The molecule has 3 nitrogen and oxygen atoms in total. The van der Waals surface area contributed by atoms with Gasteiger partial charge in [0.25, 0.3) is 0 Å². The van der Waals surface area contributed by atoms with E-state index >= 15 is 0 Å². The number of halogens is 1. The summed E-state index contributed by atoms with van der Waals surface area (Å²) in [7, 11) is -2.64. The molecule has 0 N–H and O–H groups in total. The minimum absolute atomic E-state index is 0.256. The van der Waals surface area contributed by atoms with Gasteiger partial charge >= 0.3 is 0 Å². The fraction of sp³-hybridized carbons (Fsp3) is 0. The van der Waals surface area contributed by atoms with Crippen molar-refractivity contribution >= 4 is 67.7 Å². The molecule has 65 heavy (non-hydrogen) atoms. The van der Waals surface area contributed by atoms with Crippen LogP contribution in [0.3, 0.4) is 0 Å². The second-order valence-electron chi connectivity index (χ2n) is 16.2. The molecule has 0 aliphatic rings. The normalized spacial score (nSPS) is 11.5.